The van der Waals surface area contributed by atoms with E-state index in [9.17, 15) is 18.9 Å². The molecule has 17 heavy (non-hydrogen) atoms. The van der Waals surface area contributed by atoms with Crippen molar-refractivity contribution < 1.29 is 13.7 Å². The van der Waals surface area contributed by atoms with Crippen LogP contribution < -0.4 is 11.1 Å². The highest BCUT2D eigenvalue weighted by molar-refractivity contribution is 5.53. The van der Waals surface area contributed by atoms with E-state index in [4.69, 9.17) is 5.73 Å². The second kappa shape index (κ2) is 4.62. The lowest BCUT2D eigenvalue weighted by atomic mass is 10.1. The van der Waals surface area contributed by atoms with E-state index in [-0.39, 0.29) is 6.54 Å². The molecule has 0 aromatic heterocycles. The van der Waals surface area contributed by atoms with Gasteiger partial charge in [0.05, 0.1) is 17.1 Å². The van der Waals surface area contributed by atoms with E-state index < -0.39 is 33.5 Å². The van der Waals surface area contributed by atoms with Gasteiger partial charge in [-0.2, -0.15) is 0 Å². The summed E-state index contributed by atoms with van der Waals surface area (Å²) < 4.78 is 27.0. The van der Waals surface area contributed by atoms with Gasteiger partial charge in [0.2, 0.25) is 0 Å². The molecule has 5 nitrogen and oxygen atoms in total. The Morgan fingerprint density at radius 1 is 1.41 bits per heavy atom. The first-order valence-electron chi connectivity index (χ1n) is 4.88. The second-order valence-electron chi connectivity index (χ2n) is 4.25. The molecule has 0 saturated carbocycles. The zero-order valence-electron chi connectivity index (χ0n) is 9.46. The summed E-state index contributed by atoms with van der Waals surface area (Å²) in [7, 11) is 0. The topological polar surface area (TPSA) is 81.2 Å². The summed E-state index contributed by atoms with van der Waals surface area (Å²) in [6, 6.07) is 1.33. The van der Waals surface area contributed by atoms with Gasteiger partial charge >= 0.3 is 0 Å². The maximum absolute atomic E-state index is 13.5. The van der Waals surface area contributed by atoms with Crippen molar-refractivity contribution in [3.05, 3.63) is 33.9 Å². The van der Waals surface area contributed by atoms with E-state index in [0.29, 0.717) is 12.1 Å². The molecule has 0 saturated heterocycles. The maximum atomic E-state index is 13.5. The number of hydrogen-bond acceptors (Lipinski definition) is 4. The molecule has 0 amide bonds. The molecule has 0 atom stereocenters. The zero-order valence-corrected chi connectivity index (χ0v) is 9.46. The third kappa shape index (κ3) is 3.10. The first-order valence-corrected chi connectivity index (χ1v) is 4.88. The van der Waals surface area contributed by atoms with Crippen LogP contribution in [0.15, 0.2) is 12.1 Å². The molecule has 1 rings (SSSR count). The lowest BCUT2D eigenvalue weighted by Gasteiger charge is -2.26. The zero-order chi connectivity index (χ0) is 13.2. The van der Waals surface area contributed by atoms with Gasteiger partial charge in [-0.15, -0.1) is 0 Å². The molecular formula is C10H13F2N3O2. The summed E-state index contributed by atoms with van der Waals surface area (Å²) in [5.74, 6) is -2.03. The highest BCUT2D eigenvalue weighted by Gasteiger charge is 2.22. The molecule has 94 valence electrons. The lowest BCUT2D eigenvalue weighted by Crippen LogP contribution is -2.39. The fourth-order valence-corrected chi connectivity index (χ4v) is 1.17. The molecule has 0 spiro atoms. The van der Waals surface area contributed by atoms with Gasteiger partial charge < -0.3 is 11.1 Å². The van der Waals surface area contributed by atoms with Gasteiger partial charge in [0, 0.05) is 12.1 Å². The Morgan fingerprint density at radius 3 is 2.24 bits per heavy atom. The maximum Gasteiger partial charge on any atom is 0.275 e. The minimum Gasteiger partial charge on any atom is -0.374 e. The Hall–Kier alpha value is -1.76. The number of benzene rings is 1. The SMILES string of the molecule is CC(C)(CN)Nc1c(F)cc([N+](=O)[O-])cc1F. The summed E-state index contributed by atoms with van der Waals surface area (Å²) in [6.07, 6.45) is 0. The summed E-state index contributed by atoms with van der Waals surface area (Å²) in [5, 5.41) is 13.0. The Balaban J connectivity index is 3.15. The Morgan fingerprint density at radius 2 is 1.88 bits per heavy atom. The van der Waals surface area contributed by atoms with E-state index in [1.165, 1.54) is 0 Å². The van der Waals surface area contributed by atoms with Crippen LogP contribution in [0.4, 0.5) is 20.2 Å². The molecule has 0 fully saturated rings. The molecule has 0 bridgehead atoms. The van der Waals surface area contributed by atoms with Gasteiger partial charge in [0.15, 0.2) is 11.6 Å². The number of nitrogens with one attached hydrogen (secondary N) is 1. The molecule has 0 aliphatic rings. The normalized spacial score (nSPS) is 11.4. The van der Waals surface area contributed by atoms with E-state index in [1.54, 1.807) is 13.8 Å². The van der Waals surface area contributed by atoms with Crippen LogP contribution in [0.5, 0.6) is 0 Å². The molecule has 1 aromatic carbocycles. The second-order valence-corrected chi connectivity index (χ2v) is 4.25. The molecule has 7 heteroatoms. The van der Waals surface area contributed by atoms with Crippen molar-refractivity contribution in [1.29, 1.82) is 0 Å². The molecule has 1 aromatic rings. The highest BCUT2D eigenvalue weighted by Crippen LogP contribution is 2.26. The van der Waals surface area contributed by atoms with Gasteiger partial charge in [0.25, 0.3) is 5.69 Å². The van der Waals surface area contributed by atoms with Gasteiger partial charge in [-0.1, -0.05) is 0 Å². The summed E-state index contributed by atoms with van der Waals surface area (Å²) in [6.45, 7) is 3.48. The van der Waals surface area contributed by atoms with Crippen LogP contribution in [0.2, 0.25) is 0 Å². The minimum absolute atomic E-state index is 0.156. The molecule has 0 heterocycles. The van der Waals surface area contributed by atoms with Crippen molar-refractivity contribution >= 4 is 11.4 Å². The predicted molar refractivity (Wildman–Crippen MR) is 59.8 cm³/mol. The first-order chi connectivity index (χ1) is 7.76. The number of non-ortho nitro benzene ring substituents is 1. The largest absolute Gasteiger partial charge is 0.374 e. The molecule has 0 unspecified atom stereocenters. The van der Waals surface area contributed by atoms with E-state index in [2.05, 4.69) is 5.32 Å². The highest BCUT2D eigenvalue weighted by atomic mass is 19.1. The molecular weight excluding hydrogens is 232 g/mol. The standard InChI is InChI=1S/C10H13F2N3O2/c1-10(2,5-13)14-9-7(11)3-6(15(16)17)4-8(9)12/h3-4,14H,5,13H2,1-2H3. The molecule has 0 aliphatic carbocycles. The average molecular weight is 245 g/mol. The Kier molecular flexibility index (Phi) is 3.62. The van der Waals surface area contributed by atoms with Crippen molar-refractivity contribution in [3.8, 4) is 0 Å². The number of nitro groups is 1. The van der Waals surface area contributed by atoms with Crippen molar-refractivity contribution in [3.63, 3.8) is 0 Å². The third-order valence-electron chi connectivity index (χ3n) is 2.21. The smallest absolute Gasteiger partial charge is 0.275 e. The fourth-order valence-electron chi connectivity index (χ4n) is 1.17. The van der Waals surface area contributed by atoms with Crippen LogP contribution in [-0.2, 0) is 0 Å². The van der Waals surface area contributed by atoms with Gasteiger partial charge in [-0.3, -0.25) is 10.1 Å². The number of hydrogen-bond donors (Lipinski definition) is 2. The third-order valence-corrected chi connectivity index (χ3v) is 2.21. The summed E-state index contributed by atoms with van der Waals surface area (Å²) >= 11 is 0. The number of nitro benzene ring substituents is 1. The van der Waals surface area contributed by atoms with Crippen molar-refractivity contribution in [2.45, 2.75) is 19.4 Å². The predicted octanol–water partition coefficient (Wildman–Crippen LogP) is 2.02. The van der Waals surface area contributed by atoms with Crippen LogP contribution >= 0.6 is 0 Å². The van der Waals surface area contributed by atoms with Crippen LogP contribution in [0.25, 0.3) is 0 Å². The summed E-state index contributed by atoms with van der Waals surface area (Å²) in [5.41, 5.74) is 3.67. The van der Waals surface area contributed by atoms with Gasteiger partial charge in [0.1, 0.15) is 5.69 Å². The Bertz CT molecular complexity index is 426. The van der Waals surface area contributed by atoms with Crippen LogP contribution in [-0.4, -0.2) is 17.0 Å². The van der Waals surface area contributed by atoms with Crippen molar-refractivity contribution in [2.24, 2.45) is 5.73 Å². The lowest BCUT2D eigenvalue weighted by molar-refractivity contribution is -0.385. The van der Waals surface area contributed by atoms with Crippen LogP contribution in [0, 0.1) is 21.7 Å². The van der Waals surface area contributed by atoms with E-state index in [1.807, 2.05) is 0 Å². The molecule has 0 aliphatic heterocycles. The van der Waals surface area contributed by atoms with Gasteiger partial charge in [-0.05, 0) is 13.8 Å². The fraction of sp³-hybridized carbons (Fsp3) is 0.400. The van der Waals surface area contributed by atoms with Crippen LogP contribution in [0.3, 0.4) is 0 Å². The number of anilines is 1. The van der Waals surface area contributed by atoms with Crippen molar-refractivity contribution in [1.82, 2.24) is 0 Å². The number of nitrogens with two attached hydrogens (primary N) is 1. The monoisotopic (exact) mass is 245 g/mol. The van der Waals surface area contributed by atoms with Gasteiger partial charge in [-0.25, -0.2) is 8.78 Å². The Labute approximate surface area is 96.8 Å². The first kappa shape index (κ1) is 13.3. The number of rotatable bonds is 4. The molecule has 3 N–H and O–H groups in total. The summed E-state index contributed by atoms with van der Waals surface area (Å²) in [4.78, 5) is 9.53. The minimum atomic E-state index is -1.02. The quantitative estimate of drug-likeness (QED) is 0.628. The van der Waals surface area contributed by atoms with Crippen LogP contribution in [0.1, 0.15) is 13.8 Å². The van der Waals surface area contributed by atoms with E-state index in [0.717, 1.165) is 0 Å². The van der Waals surface area contributed by atoms with E-state index >= 15 is 0 Å². The number of halogens is 2. The molecule has 0 radical (unpaired) electrons. The number of nitrogens with zero attached hydrogens (tertiary/aromatic N) is 1. The van der Waals surface area contributed by atoms with Crippen molar-refractivity contribution in [2.75, 3.05) is 11.9 Å². The average Bonchev–Trinajstić information content (AvgIpc) is 2.23.